The minimum absolute atomic E-state index is 0.0168. The Hall–Kier alpha value is -2.56. The van der Waals surface area contributed by atoms with Gasteiger partial charge in [-0.2, -0.15) is 0 Å². The van der Waals surface area contributed by atoms with Crippen molar-refractivity contribution in [3.8, 4) is 5.88 Å². The van der Waals surface area contributed by atoms with Gasteiger partial charge in [-0.05, 0) is 30.7 Å². The molecule has 5 heteroatoms. The third-order valence-electron chi connectivity index (χ3n) is 3.33. The fourth-order valence-corrected chi connectivity index (χ4v) is 2.19. The lowest BCUT2D eigenvalue weighted by Gasteiger charge is -2.38. The molecular formula is C16H17N3O2. The van der Waals surface area contributed by atoms with E-state index in [9.17, 15) is 4.79 Å². The zero-order valence-corrected chi connectivity index (χ0v) is 11.8. The molecule has 2 heterocycles. The van der Waals surface area contributed by atoms with Crippen LogP contribution in [0.4, 0.5) is 10.5 Å². The number of hydrogen-bond donors (Lipinski definition) is 1. The number of urea groups is 1. The summed E-state index contributed by atoms with van der Waals surface area (Å²) in [5, 5.41) is 2.88. The van der Waals surface area contributed by atoms with Gasteiger partial charge in [0.25, 0.3) is 0 Å². The van der Waals surface area contributed by atoms with Crippen LogP contribution in [0.1, 0.15) is 5.56 Å². The van der Waals surface area contributed by atoms with E-state index in [1.807, 2.05) is 49.4 Å². The highest BCUT2D eigenvalue weighted by atomic mass is 16.5. The molecule has 0 saturated carbocycles. The van der Waals surface area contributed by atoms with Crippen molar-refractivity contribution in [2.75, 3.05) is 18.4 Å². The third-order valence-corrected chi connectivity index (χ3v) is 3.33. The second-order valence-electron chi connectivity index (χ2n) is 5.11. The maximum atomic E-state index is 12.0. The van der Waals surface area contributed by atoms with E-state index in [1.54, 1.807) is 11.1 Å². The van der Waals surface area contributed by atoms with Crippen LogP contribution >= 0.6 is 0 Å². The Morgan fingerprint density at radius 3 is 2.86 bits per heavy atom. The predicted octanol–water partition coefficient (Wildman–Crippen LogP) is 2.69. The SMILES string of the molecule is Cc1cccc(NC(=O)N2CC(Oc3ccccn3)C2)c1. The lowest BCUT2D eigenvalue weighted by molar-refractivity contribution is 0.0461. The average molecular weight is 283 g/mol. The number of rotatable bonds is 3. The van der Waals surface area contributed by atoms with Crippen LogP contribution in [-0.4, -0.2) is 35.1 Å². The van der Waals surface area contributed by atoms with Gasteiger partial charge < -0.3 is 15.0 Å². The molecule has 0 aliphatic carbocycles. The number of carbonyl (C=O) groups excluding carboxylic acids is 1. The highest BCUT2D eigenvalue weighted by Gasteiger charge is 2.32. The molecule has 0 bridgehead atoms. The third kappa shape index (κ3) is 3.31. The number of carbonyl (C=O) groups is 1. The molecule has 0 unspecified atom stereocenters. The number of ether oxygens (including phenoxy) is 1. The van der Waals surface area contributed by atoms with Crippen LogP contribution in [0.15, 0.2) is 48.7 Å². The molecule has 5 nitrogen and oxygen atoms in total. The largest absolute Gasteiger partial charge is 0.471 e. The first kappa shape index (κ1) is 13.4. The van der Waals surface area contributed by atoms with Gasteiger partial charge >= 0.3 is 6.03 Å². The van der Waals surface area contributed by atoms with Gasteiger partial charge in [0, 0.05) is 18.0 Å². The van der Waals surface area contributed by atoms with Crippen molar-refractivity contribution in [3.05, 3.63) is 54.2 Å². The minimum Gasteiger partial charge on any atom is -0.471 e. The van der Waals surface area contributed by atoms with Gasteiger partial charge in [0.05, 0.1) is 13.1 Å². The molecule has 0 radical (unpaired) electrons. The molecule has 0 atom stereocenters. The number of likely N-dealkylation sites (tertiary alicyclic amines) is 1. The van der Waals surface area contributed by atoms with E-state index in [-0.39, 0.29) is 12.1 Å². The first-order chi connectivity index (χ1) is 10.2. The Morgan fingerprint density at radius 1 is 1.29 bits per heavy atom. The summed E-state index contributed by atoms with van der Waals surface area (Å²) in [5.74, 6) is 0.598. The number of amides is 2. The Kier molecular flexibility index (Phi) is 3.73. The van der Waals surface area contributed by atoms with E-state index < -0.39 is 0 Å². The molecule has 2 aromatic rings. The molecule has 1 aliphatic heterocycles. The fourth-order valence-electron chi connectivity index (χ4n) is 2.19. The molecule has 1 N–H and O–H groups in total. The zero-order chi connectivity index (χ0) is 14.7. The molecule has 2 amide bonds. The van der Waals surface area contributed by atoms with Crippen LogP contribution < -0.4 is 10.1 Å². The number of benzene rings is 1. The molecule has 1 aromatic carbocycles. The second kappa shape index (κ2) is 5.83. The van der Waals surface area contributed by atoms with E-state index in [4.69, 9.17) is 4.74 Å². The topological polar surface area (TPSA) is 54.5 Å². The van der Waals surface area contributed by atoms with Crippen LogP contribution in [0, 0.1) is 6.92 Å². The molecule has 21 heavy (non-hydrogen) atoms. The maximum Gasteiger partial charge on any atom is 0.322 e. The predicted molar refractivity (Wildman–Crippen MR) is 80.4 cm³/mol. The number of aromatic nitrogens is 1. The monoisotopic (exact) mass is 283 g/mol. The zero-order valence-electron chi connectivity index (χ0n) is 11.8. The first-order valence-corrected chi connectivity index (χ1v) is 6.91. The minimum atomic E-state index is -0.0959. The van der Waals surface area contributed by atoms with Crippen molar-refractivity contribution < 1.29 is 9.53 Å². The van der Waals surface area contributed by atoms with Crippen LogP contribution in [0.25, 0.3) is 0 Å². The molecule has 1 fully saturated rings. The molecular weight excluding hydrogens is 266 g/mol. The Labute approximate surface area is 123 Å². The van der Waals surface area contributed by atoms with Gasteiger partial charge in [-0.25, -0.2) is 9.78 Å². The number of nitrogens with zero attached hydrogens (tertiary/aromatic N) is 2. The molecule has 1 aromatic heterocycles. The smallest absolute Gasteiger partial charge is 0.322 e. The van der Waals surface area contributed by atoms with E-state index >= 15 is 0 Å². The van der Waals surface area contributed by atoms with Gasteiger partial charge in [0.15, 0.2) is 0 Å². The summed E-state index contributed by atoms with van der Waals surface area (Å²) >= 11 is 0. The standard InChI is InChI=1S/C16H17N3O2/c1-12-5-4-6-13(9-12)18-16(20)19-10-14(11-19)21-15-7-2-3-8-17-15/h2-9,14H,10-11H2,1H3,(H,18,20). The number of anilines is 1. The van der Waals surface area contributed by atoms with Crippen LogP contribution in [-0.2, 0) is 0 Å². The van der Waals surface area contributed by atoms with Crippen molar-refractivity contribution in [2.24, 2.45) is 0 Å². The lowest BCUT2D eigenvalue weighted by Crippen LogP contribution is -2.57. The highest BCUT2D eigenvalue weighted by Crippen LogP contribution is 2.17. The number of hydrogen-bond acceptors (Lipinski definition) is 3. The number of nitrogens with one attached hydrogen (secondary N) is 1. The molecule has 108 valence electrons. The van der Waals surface area contributed by atoms with E-state index in [0.717, 1.165) is 11.3 Å². The van der Waals surface area contributed by atoms with Gasteiger partial charge in [-0.15, -0.1) is 0 Å². The summed E-state index contributed by atoms with van der Waals surface area (Å²) in [7, 11) is 0. The van der Waals surface area contributed by atoms with Crippen LogP contribution in [0.3, 0.4) is 0 Å². The normalized spacial score (nSPS) is 14.4. The molecule has 1 saturated heterocycles. The summed E-state index contributed by atoms with van der Waals surface area (Å²) < 4.78 is 5.67. The highest BCUT2D eigenvalue weighted by molar-refractivity contribution is 5.90. The van der Waals surface area contributed by atoms with Crippen molar-refractivity contribution in [1.82, 2.24) is 9.88 Å². The summed E-state index contributed by atoms with van der Waals surface area (Å²) in [5.41, 5.74) is 1.93. The van der Waals surface area contributed by atoms with Gasteiger partial charge in [-0.3, -0.25) is 0 Å². The Morgan fingerprint density at radius 2 is 2.14 bits per heavy atom. The summed E-state index contributed by atoms with van der Waals surface area (Å²) in [4.78, 5) is 17.9. The van der Waals surface area contributed by atoms with Crippen molar-refractivity contribution >= 4 is 11.7 Å². The Balaban J connectivity index is 1.48. The summed E-state index contributed by atoms with van der Waals surface area (Å²) in [6.07, 6.45) is 1.71. The fraction of sp³-hybridized carbons (Fsp3) is 0.250. The number of pyridine rings is 1. The lowest BCUT2D eigenvalue weighted by atomic mass is 10.2. The van der Waals surface area contributed by atoms with Crippen molar-refractivity contribution in [3.63, 3.8) is 0 Å². The Bertz CT molecular complexity index is 624. The van der Waals surface area contributed by atoms with Gasteiger partial charge in [-0.1, -0.05) is 18.2 Å². The van der Waals surface area contributed by atoms with Gasteiger partial charge in [0.1, 0.15) is 6.10 Å². The van der Waals surface area contributed by atoms with Gasteiger partial charge in [0.2, 0.25) is 5.88 Å². The first-order valence-electron chi connectivity index (χ1n) is 6.91. The molecule has 0 spiro atoms. The van der Waals surface area contributed by atoms with Crippen LogP contribution in [0.2, 0.25) is 0 Å². The van der Waals surface area contributed by atoms with Crippen LogP contribution in [0.5, 0.6) is 5.88 Å². The number of aryl methyl sites for hydroxylation is 1. The summed E-state index contributed by atoms with van der Waals surface area (Å²) in [6.45, 7) is 3.15. The van der Waals surface area contributed by atoms with Crippen molar-refractivity contribution in [1.29, 1.82) is 0 Å². The summed E-state index contributed by atoms with van der Waals surface area (Å²) in [6, 6.07) is 13.2. The molecule has 1 aliphatic rings. The second-order valence-corrected chi connectivity index (χ2v) is 5.11. The van der Waals surface area contributed by atoms with E-state index in [2.05, 4.69) is 10.3 Å². The maximum absolute atomic E-state index is 12.0. The van der Waals surface area contributed by atoms with Crippen molar-refractivity contribution in [2.45, 2.75) is 13.0 Å². The van der Waals surface area contributed by atoms with E-state index in [0.29, 0.717) is 19.0 Å². The quantitative estimate of drug-likeness (QED) is 0.942. The average Bonchev–Trinajstić information content (AvgIpc) is 2.43. The van der Waals surface area contributed by atoms with E-state index in [1.165, 1.54) is 0 Å². The molecule has 3 rings (SSSR count).